The molecule has 3 heterocycles. The normalized spacial score (nSPS) is 35.0. The van der Waals surface area contributed by atoms with Gasteiger partial charge in [0.1, 0.15) is 18.3 Å². The highest BCUT2D eigenvalue weighted by Crippen LogP contribution is 2.35. The molecule has 2 unspecified atom stereocenters. The van der Waals surface area contributed by atoms with Gasteiger partial charge >= 0.3 is 22.8 Å². The Bertz CT molecular complexity index is 732. The van der Waals surface area contributed by atoms with Crippen LogP contribution in [0.5, 0.6) is 0 Å². The lowest BCUT2D eigenvalue weighted by molar-refractivity contribution is -0.0573. The second kappa shape index (κ2) is 6.02. The number of rotatable bonds is 1. The number of aromatic nitrogens is 2. The fourth-order valence-corrected chi connectivity index (χ4v) is 9.79. The van der Waals surface area contributed by atoms with E-state index in [2.05, 4.69) is 4.98 Å². The van der Waals surface area contributed by atoms with Crippen LogP contribution in [0.1, 0.15) is 6.23 Å². The molecule has 2 saturated heterocycles. The van der Waals surface area contributed by atoms with Crippen molar-refractivity contribution in [1.29, 1.82) is 0 Å². The predicted molar refractivity (Wildman–Crippen MR) is 88.1 cm³/mol. The van der Waals surface area contributed by atoms with E-state index in [1.54, 1.807) is 0 Å². The van der Waals surface area contributed by atoms with Crippen LogP contribution in [0, 0.1) is 0 Å². The molecule has 2 aliphatic heterocycles. The molecule has 2 fully saturated rings. The first kappa shape index (κ1) is 17.7. The van der Waals surface area contributed by atoms with Crippen molar-refractivity contribution in [3.63, 3.8) is 0 Å². The molecule has 0 aliphatic carbocycles. The minimum atomic E-state index is -2.54. The molecule has 2 N–H and O–H groups in total. The minimum absolute atomic E-state index is 0.208. The number of aliphatic hydroxyl groups excluding tert-OH is 1. The monoisotopic (exact) mass is 374 g/mol. The lowest BCUT2D eigenvalue weighted by Gasteiger charge is -2.39. The number of aromatic amines is 1. The van der Waals surface area contributed by atoms with E-state index >= 15 is 0 Å². The fourth-order valence-electron chi connectivity index (χ4n) is 3.11. The highest BCUT2D eigenvalue weighted by Gasteiger charge is 2.52. The average molecular weight is 374 g/mol. The summed E-state index contributed by atoms with van der Waals surface area (Å²) < 4.78 is 25.0. The zero-order chi connectivity index (χ0) is 17.7. The van der Waals surface area contributed by atoms with Crippen LogP contribution in [-0.4, -0.2) is 56.7 Å². The Morgan fingerprint density at radius 2 is 1.96 bits per heavy atom. The second-order valence-electron chi connectivity index (χ2n) is 6.87. The molecule has 0 bridgehead atoms. The van der Waals surface area contributed by atoms with Crippen LogP contribution in [0.25, 0.3) is 0 Å². The van der Waals surface area contributed by atoms with E-state index < -0.39 is 52.9 Å². The summed E-state index contributed by atoms with van der Waals surface area (Å²) in [6.07, 6.45) is -1.93. The summed E-state index contributed by atoms with van der Waals surface area (Å²) in [6, 6.07) is 1.20. The summed E-state index contributed by atoms with van der Waals surface area (Å²) in [5, 5.41) is 10.6. The zero-order valence-electron chi connectivity index (χ0n) is 14.0. The molecule has 0 saturated carbocycles. The smallest absolute Gasteiger partial charge is 0.330 e. The average Bonchev–Trinajstić information content (AvgIpc) is 2.71. The summed E-state index contributed by atoms with van der Waals surface area (Å²) >= 11 is 0. The van der Waals surface area contributed by atoms with Gasteiger partial charge in [0.15, 0.2) is 6.23 Å². The van der Waals surface area contributed by atoms with Gasteiger partial charge in [-0.1, -0.05) is 0 Å². The minimum Gasteiger partial charge on any atom is -0.415 e. The van der Waals surface area contributed by atoms with Gasteiger partial charge in [0.25, 0.3) is 5.56 Å². The lowest BCUT2D eigenvalue weighted by Crippen LogP contribution is -2.56. The summed E-state index contributed by atoms with van der Waals surface area (Å²) in [6.45, 7) is 7.85. The third-order valence-electron chi connectivity index (χ3n) is 3.94. The van der Waals surface area contributed by atoms with Gasteiger partial charge in [-0.2, -0.15) is 0 Å². The highest BCUT2D eigenvalue weighted by atomic mass is 28.5. The summed E-state index contributed by atoms with van der Waals surface area (Å²) in [4.78, 5) is 25.3. The van der Waals surface area contributed by atoms with Gasteiger partial charge in [-0.25, -0.2) is 4.79 Å². The summed E-state index contributed by atoms with van der Waals surface area (Å²) in [5.74, 6) is 0. The summed E-state index contributed by atoms with van der Waals surface area (Å²) in [7, 11) is -4.89. The second-order valence-corrected chi connectivity index (χ2v) is 13.8. The maximum absolute atomic E-state index is 12.0. The Morgan fingerprint density at radius 3 is 2.62 bits per heavy atom. The highest BCUT2D eigenvalue weighted by molar-refractivity contribution is 6.78. The fraction of sp³-hybridized carbons (Fsp3) is 0.692. The summed E-state index contributed by atoms with van der Waals surface area (Å²) in [5.41, 5.74) is -1.16. The SMILES string of the molecule is C[Si]1(C)OC[C@H]2OC(n3ccc(=O)[nH]c3=O)C(O)[C@@H]2O[Si](C)(C)O1. The Kier molecular flexibility index (Phi) is 4.44. The van der Waals surface area contributed by atoms with Crippen LogP contribution in [0.3, 0.4) is 0 Å². The van der Waals surface area contributed by atoms with E-state index in [4.69, 9.17) is 17.7 Å². The van der Waals surface area contributed by atoms with Crippen molar-refractivity contribution in [3.8, 4) is 0 Å². The number of fused-ring (bicyclic) bond motifs is 1. The van der Waals surface area contributed by atoms with Crippen LogP contribution in [0.4, 0.5) is 0 Å². The molecule has 4 atom stereocenters. The molecular formula is C13H22N2O7Si2. The van der Waals surface area contributed by atoms with Crippen molar-refractivity contribution in [2.75, 3.05) is 6.61 Å². The van der Waals surface area contributed by atoms with E-state index in [-0.39, 0.29) is 6.61 Å². The molecular weight excluding hydrogens is 352 g/mol. The van der Waals surface area contributed by atoms with Crippen molar-refractivity contribution in [3.05, 3.63) is 33.1 Å². The number of H-pyrrole nitrogens is 1. The van der Waals surface area contributed by atoms with Crippen molar-refractivity contribution < 1.29 is 22.8 Å². The van der Waals surface area contributed by atoms with Crippen LogP contribution in [-0.2, 0) is 17.7 Å². The van der Waals surface area contributed by atoms with Gasteiger partial charge < -0.3 is 22.8 Å². The molecule has 24 heavy (non-hydrogen) atoms. The third kappa shape index (κ3) is 3.47. The van der Waals surface area contributed by atoms with Crippen molar-refractivity contribution in [2.24, 2.45) is 0 Å². The molecule has 9 nitrogen and oxygen atoms in total. The largest absolute Gasteiger partial charge is 0.415 e. The van der Waals surface area contributed by atoms with Gasteiger partial charge in [0, 0.05) is 12.3 Å². The predicted octanol–water partition coefficient (Wildman–Crippen LogP) is -0.369. The number of hydrogen-bond donors (Lipinski definition) is 2. The van der Waals surface area contributed by atoms with E-state index in [0.29, 0.717) is 0 Å². The molecule has 0 radical (unpaired) electrons. The van der Waals surface area contributed by atoms with Gasteiger partial charge in [-0.05, 0) is 26.2 Å². The van der Waals surface area contributed by atoms with E-state index in [1.165, 1.54) is 12.3 Å². The van der Waals surface area contributed by atoms with Crippen molar-refractivity contribution in [1.82, 2.24) is 9.55 Å². The zero-order valence-corrected chi connectivity index (χ0v) is 16.0. The first-order valence-electron chi connectivity index (χ1n) is 7.75. The molecule has 2 aliphatic rings. The number of aliphatic hydroxyl groups is 1. The van der Waals surface area contributed by atoms with Gasteiger partial charge in [-0.3, -0.25) is 14.3 Å². The lowest BCUT2D eigenvalue weighted by atomic mass is 10.1. The molecule has 0 spiro atoms. The Labute approximate surface area is 140 Å². The van der Waals surface area contributed by atoms with Crippen LogP contribution < -0.4 is 11.2 Å². The topological polar surface area (TPSA) is 112 Å². The van der Waals surface area contributed by atoms with Gasteiger partial charge in [0.05, 0.1) is 6.61 Å². The Balaban J connectivity index is 1.91. The maximum atomic E-state index is 12.0. The van der Waals surface area contributed by atoms with Gasteiger partial charge in [-0.15, -0.1) is 0 Å². The Morgan fingerprint density at radius 1 is 1.25 bits per heavy atom. The number of ether oxygens (including phenoxy) is 1. The van der Waals surface area contributed by atoms with E-state index in [9.17, 15) is 14.7 Å². The quantitative estimate of drug-likeness (QED) is 0.645. The first-order chi connectivity index (χ1) is 11.1. The molecule has 0 amide bonds. The van der Waals surface area contributed by atoms with Crippen LogP contribution in [0.15, 0.2) is 21.9 Å². The third-order valence-corrected chi connectivity index (χ3v) is 9.58. The number of nitrogens with zero attached hydrogens (tertiary/aromatic N) is 1. The van der Waals surface area contributed by atoms with Crippen LogP contribution >= 0.6 is 0 Å². The standard InChI is InChI=1S/C13H22N2O7Si2/c1-23(2)19-7-8-11(21-24(3,4)22-23)10(17)12(20-8)15-6-5-9(16)14-13(15)18/h5-6,8,10-12,17H,7H2,1-4H3,(H,14,16,18)/t8-,10?,11-,12?/m1/s1. The molecule has 11 heteroatoms. The van der Waals surface area contributed by atoms with Crippen LogP contribution in [0.2, 0.25) is 26.2 Å². The molecule has 134 valence electrons. The first-order valence-corrected chi connectivity index (χ1v) is 13.4. The molecule has 0 aromatic carbocycles. The molecule has 3 rings (SSSR count). The molecule has 1 aromatic heterocycles. The Hall–Kier alpha value is -1.09. The van der Waals surface area contributed by atoms with E-state index in [0.717, 1.165) is 4.57 Å². The maximum Gasteiger partial charge on any atom is 0.330 e. The molecule has 1 aromatic rings. The number of nitrogens with one attached hydrogen (secondary N) is 1. The number of hydrogen-bond acceptors (Lipinski definition) is 7. The van der Waals surface area contributed by atoms with Gasteiger partial charge in [0.2, 0.25) is 0 Å². The van der Waals surface area contributed by atoms with E-state index in [1.807, 2.05) is 26.2 Å². The van der Waals surface area contributed by atoms with Crippen molar-refractivity contribution >= 4 is 17.1 Å². The van der Waals surface area contributed by atoms with Crippen molar-refractivity contribution in [2.45, 2.75) is 50.7 Å².